The number of hydroxylamine groups is 3. The quantitative estimate of drug-likeness (QED) is 0.0368. The van der Waals surface area contributed by atoms with E-state index < -0.39 is 30.7 Å². The maximum absolute atomic E-state index is 13.5. The molecule has 0 heterocycles. The van der Waals surface area contributed by atoms with E-state index in [1.165, 1.54) is 14.0 Å². The molecule has 0 aliphatic carbocycles. The number of hydrogen-bond donors (Lipinski definition) is 1. The molecule has 0 saturated carbocycles. The summed E-state index contributed by atoms with van der Waals surface area (Å²) in [6, 6.07) is -0.380. The second-order valence-electron chi connectivity index (χ2n) is 9.28. The van der Waals surface area contributed by atoms with Crippen molar-refractivity contribution < 1.29 is 56.4 Å². The second-order valence-corrected chi connectivity index (χ2v) is 10.9. The van der Waals surface area contributed by atoms with Crippen molar-refractivity contribution in [1.82, 2.24) is 0 Å². The lowest BCUT2D eigenvalue weighted by atomic mass is 10.3. The van der Waals surface area contributed by atoms with Gasteiger partial charge in [0.1, 0.15) is 13.1 Å². The van der Waals surface area contributed by atoms with Gasteiger partial charge in [-0.1, -0.05) is 44.2 Å². The zero-order valence-electron chi connectivity index (χ0n) is 24.9. The van der Waals surface area contributed by atoms with E-state index in [0.717, 1.165) is 38.5 Å². The van der Waals surface area contributed by atoms with Crippen molar-refractivity contribution in [2.45, 2.75) is 92.0 Å². The Hall–Kier alpha value is -2.41. The van der Waals surface area contributed by atoms with Crippen LogP contribution in [0.25, 0.3) is 0 Å². The van der Waals surface area contributed by atoms with E-state index in [0.29, 0.717) is 0 Å². The molecule has 0 fully saturated rings. The van der Waals surface area contributed by atoms with Crippen LogP contribution in [0.5, 0.6) is 0 Å². The summed E-state index contributed by atoms with van der Waals surface area (Å²) in [4.78, 5) is 40.2. The number of carbonyl (C=O) groups excluding carboxylic acids is 3. The van der Waals surface area contributed by atoms with Gasteiger partial charge < -0.3 is 24.7 Å². The monoisotopic (exact) mass is 598 g/mol. The van der Waals surface area contributed by atoms with Crippen molar-refractivity contribution in [1.29, 1.82) is 0 Å². The van der Waals surface area contributed by atoms with Gasteiger partial charge in [0.15, 0.2) is 0 Å². The molecule has 0 spiro atoms. The van der Waals surface area contributed by atoms with E-state index in [1.807, 2.05) is 13.8 Å². The Morgan fingerprint density at radius 1 is 0.750 bits per heavy atom. The normalized spacial score (nSPS) is 13.4. The zero-order valence-corrected chi connectivity index (χ0v) is 25.8. The number of guanidine groups is 1. The third-order valence-corrected chi connectivity index (χ3v) is 6.91. The van der Waals surface area contributed by atoms with Gasteiger partial charge in [-0.05, 0) is 26.7 Å². The van der Waals surface area contributed by atoms with Crippen LogP contribution < -0.4 is 5.73 Å². The predicted molar refractivity (Wildman–Crippen MR) is 147 cm³/mol. The predicted octanol–water partition coefficient (Wildman–Crippen LogP) is 5.24. The highest BCUT2D eigenvalue weighted by molar-refractivity contribution is 7.52. The maximum atomic E-state index is 13.5. The second kappa shape index (κ2) is 21.4. The Balaban J connectivity index is 5.05. The highest BCUT2D eigenvalue weighted by Crippen LogP contribution is 2.50. The highest BCUT2D eigenvalue weighted by atomic mass is 31.2. The van der Waals surface area contributed by atoms with E-state index in [4.69, 9.17) is 38.6 Å². The maximum Gasteiger partial charge on any atom is 0.508 e. The summed E-state index contributed by atoms with van der Waals surface area (Å²) in [6.07, 6.45) is 4.13. The van der Waals surface area contributed by atoms with Crippen LogP contribution in [-0.4, -0.2) is 81.6 Å². The molecule has 0 aromatic rings. The molecule has 0 radical (unpaired) electrons. The van der Waals surface area contributed by atoms with E-state index in [-0.39, 0.29) is 64.5 Å². The first kappa shape index (κ1) is 37.6. The average Bonchev–Trinajstić information content (AvgIpc) is 2.88. The number of hydrogen-bond acceptors (Lipinski definition) is 11. The number of quaternary nitrogens is 1. The summed E-state index contributed by atoms with van der Waals surface area (Å²) in [5, 5.41) is 0. The molecule has 15 heteroatoms. The van der Waals surface area contributed by atoms with Crippen molar-refractivity contribution in [2.75, 3.05) is 46.7 Å². The minimum atomic E-state index is -4.22. The number of ether oxygens (including phenoxy) is 4. The Morgan fingerprint density at radius 3 is 1.50 bits per heavy atom. The van der Waals surface area contributed by atoms with Gasteiger partial charge in [0.2, 0.25) is 0 Å². The minimum Gasteiger partial charge on any atom is -0.434 e. The van der Waals surface area contributed by atoms with E-state index in [1.54, 1.807) is 13.8 Å². The molecule has 1 atom stereocenters. The van der Waals surface area contributed by atoms with Gasteiger partial charge in [-0.3, -0.25) is 13.9 Å². The summed E-state index contributed by atoms with van der Waals surface area (Å²) in [5.74, 6) is -0.934. The largest absolute Gasteiger partial charge is 0.508 e. The molecule has 0 aromatic heterocycles. The highest BCUT2D eigenvalue weighted by Gasteiger charge is 2.40. The Labute approximate surface area is 237 Å². The van der Waals surface area contributed by atoms with Crippen LogP contribution in [0.4, 0.5) is 9.59 Å². The summed E-state index contributed by atoms with van der Waals surface area (Å²) < 4.78 is 47.5. The fourth-order valence-electron chi connectivity index (χ4n) is 2.88. The number of nitrogens with two attached hydrogens (primary N) is 1. The van der Waals surface area contributed by atoms with E-state index in [2.05, 4.69) is 4.76 Å². The SMILES string of the molecule is CCCCCOC(=O)OCCCOP(=O)(N=C(N)[N+](C)(OC(C)=O)C(C)C)OCCCOC(=O)OCCCCC. The van der Waals surface area contributed by atoms with Gasteiger partial charge in [0.05, 0.1) is 39.6 Å². The van der Waals surface area contributed by atoms with Crippen molar-refractivity contribution in [3.05, 3.63) is 0 Å². The van der Waals surface area contributed by atoms with Gasteiger partial charge in [-0.2, -0.15) is 0 Å². The van der Waals surface area contributed by atoms with Crippen LogP contribution in [0.2, 0.25) is 0 Å². The van der Waals surface area contributed by atoms with Gasteiger partial charge >= 0.3 is 32.0 Å². The molecule has 40 heavy (non-hydrogen) atoms. The standard InChI is InChI=1S/C25H49N3O11P/c1-7-9-11-15-33-24(30)35-17-13-19-37-40(32,27-23(26)28(6,21(3)4)39-22(5)29)38-20-14-18-36-25(31)34-16-12-10-8-2/h21H,7-20H2,1-6H3,(H2,26,27,32)/q+1. The minimum absolute atomic E-state index is 0.0484. The molecular weight excluding hydrogens is 549 g/mol. The Kier molecular flexibility index (Phi) is 20.1. The van der Waals surface area contributed by atoms with Crippen molar-refractivity contribution in [3.63, 3.8) is 0 Å². The first-order chi connectivity index (χ1) is 18.9. The van der Waals surface area contributed by atoms with Crippen LogP contribution in [0.15, 0.2) is 4.76 Å². The fraction of sp³-hybridized carbons (Fsp3) is 0.840. The van der Waals surface area contributed by atoms with Gasteiger partial charge in [0.25, 0.3) is 0 Å². The smallest absolute Gasteiger partial charge is 0.434 e. The first-order valence-electron chi connectivity index (χ1n) is 13.8. The Morgan fingerprint density at radius 2 is 1.15 bits per heavy atom. The van der Waals surface area contributed by atoms with Crippen molar-refractivity contribution in [3.8, 4) is 0 Å². The van der Waals surface area contributed by atoms with Crippen LogP contribution in [0.3, 0.4) is 0 Å². The third-order valence-electron chi connectivity index (χ3n) is 5.45. The molecule has 0 aliphatic heterocycles. The summed E-state index contributed by atoms with van der Waals surface area (Å²) >= 11 is 0. The van der Waals surface area contributed by atoms with E-state index >= 15 is 0 Å². The first-order valence-corrected chi connectivity index (χ1v) is 15.3. The van der Waals surface area contributed by atoms with Crippen LogP contribution in [0, 0.1) is 0 Å². The van der Waals surface area contributed by atoms with Crippen LogP contribution in [0.1, 0.15) is 86.0 Å². The molecular formula is C25H49N3O11P+. The molecule has 0 aromatic carbocycles. The van der Waals surface area contributed by atoms with Crippen molar-refractivity contribution >= 4 is 32.0 Å². The summed E-state index contributed by atoms with van der Waals surface area (Å²) in [6.45, 7) is 8.89. The lowest BCUT2D eigenvalue weighted by molar-refractivity contribution is -1.02. The number of rotatable bonds is 20. The molecule has 0 bridgehead atoms. The summed E-state index contributed by atoms with van der Waals surface area (Å²) in [7, 11) is -2.74. The molecule has 0 saturated heterocycles. The number of nitrogens with zero attached hydrogens (tertiary/aromatic N) is 2. The molecule has 0 rings (SSSR count). The van der Waals surface area contributed by atoms with Gasteiger partial charge in [-0.25, -0.2) is 18.9 Å². The number of unbranched alkanes of at least 4 members (excludes halogenated alkanes) is 4. The van der Waals surface area contributed by atoms with E-state index in [9.17, 15) is 18.9 Å². The third kappa shape index (κ3) is 17.3. The van der Waals surface area contributed by atoms with Crippen molar-refractivity contribution in [2.24, 2.45) is 10.5 Å². The van der Waals surface area contributed by atoms with Gasteiger partial charge in [-0.15, -0.1) is 4.76 Å². The lowest BCUT2D eigenvalue weighted by Crippen LogP contribution is -2.58. The molecule has 0 aliphatic rings. The topological polar surface area (TPSA) is 171 Å². The number of carbonyl (C=O) groups is 3. The molecule has 2 N–H and O–H groups in total. The molecule has 234 valence electrons. The summed E-state index contributed by atoms with van der Waals surface area (Å²) in [5.41, 5.74) is 6.10. The average molecular weight is 599 g/mol. The fourth-order valence-corrected chi connectivity index (χ4v) is 4.22. The molecule has 14 nitrogen and oxygen atoms in total. The van der Waals surface area contributed by atoms with Crippen LogP contribution in [-0.2, 0) is 42.2 Å². The molecule has 0 amide bonds. The zero-order chi connectivity index (χ0) is 30.4. The lowest BCUT2D eigenvalue weighted by Gasteiger charge is -2.32. The van der Waals surface area contributed by atoms with Gasteiger partial charge in [0, 0.05) is 19.8 Å². The molecule has 1 unspecified atom stereocenters. The van der Waals surface area contributed by atoms with Crippen LogP contribution >= 0.6 is 7.75 Å². The Bertz CT molecular complexity index is 788.